The van der Waals surface area contributed by atoms with Crippen molar-refractivity contribution in [3.05, 3.63) is 28.0 Å². The molecule has 1 fully saturated rings. The highest BCUT2D eigenvalue weighted by atomic mass is 19.4. The van der Waals surface area contributed by atoms with Crippen LogP contribution in [0.25, 0.3) is 0 Å². The summed E-state index contributed by atoms with van der Waals surface area (Å²) in [6, 6.07) is 1.54. The van der Waals surface area contributed by atoms with Crippen LogP contribution in [0.15, 0.2) is 16.5 Å². The van der Waals surface area contributed by atoms with Crippen molar-refractivity contribution in [3.63, 3.8) is 0 Å². The lowest BCUT2D eigenvalue weighted by Crippen LogP contribution is -2.41. The predicted octanol–water partition coefficient (Wildman–Crippen LogP) is 3.04. The third-order valence-corrected chi connectivity index (χ3v) is 3.47. The minimum atomic E-state index is -4.27. The van der Waals surface area contributed by atoms with Crippen molar-refractivity contribution >= 4 is 11.8 Å². The van der Waals surface area contributed by atoms with E-state index < -0.39 is 34.9 Å². The molecule has 1 aliphatic rings. The minimum Gasteiger partial charge on any atom is -0.395 e. The third-order valence-electron chi connectivity index (χ3n) is 3.47. The van der Waals surface area contributed by atoms with Gasteiger partial charge in [0.1, 0.15) is 4.92 Å². The maximum atomic E-state index is 12.7. The Morgan fingerprint density at radius 2 is 2.10 bits per heavy atom. The molecule has 0 aliphatic heterocycles. The van der Waals surface area contributed by atoms with Crippen molar-refractivity contribution in [2.24, 2.45) is 5.92 Å². The predicted molar refractivity (Wildman–Crippen MR) is 64.6 cm³/mol. The molecule has 0 saturated heterocycles. The van der Waals surface area contributed by atoms with Gasteiger partial charge < -0.3 is 9.73 Å². The van der Waals surface area contributed by atoms with Crippen LogP contribution in [0.5, 0.6) is 0 Å². The number of carbonyl (C=O) groups is 1. The third kappa shape index (κ3) is 3.73. The maximum Gasteiger partial charge on any atom is 0.433 e. The smallest absolute Gasteiger partial charge is 0.395 e. The summed E-state index contributed by atoms with van der Waals surface area (Å²) in [6.07, 6.45) is -3.58. The summed E-state index contributed by atoms with van der Waals surface area (Å²) < 4.78 is 42.7. The molecule has 1 N–H and O–H groups in total. The fourth-order valence-corrected chi connectivity index (χ4v) is 2.42. The number of carbonyl (C=O) groups excluding carboxylic acids is 1. The van der Waals surface area contributed by atoms with E-state index in [1.54, 1.807) is 0 Å². The molecule has 0 spiro atoms. The van der Waals surface area contributed by atoms with Gasteiger partial charge in [-0.15, -0.1) is 0 Å². The Morgan fingerprint density at radius 1 is 1.38 bits per heavy atom. The van der Waals surface area contributed by atoms with Crippen LogP contribution in [0.1, 0.15) is 36.2 Å². The SMILES string of the molecule is O=C(N[C@H]1CCC[C@@H](C(F)(F)F)C1)c1ccc([N+](=O)[O-])o1. The fraction of sp³-hybridized carbons (Fsp3) is 0.583. The molecule has 21 heavy (non-hydrogen) atoms. The molecule has 1 heterocycles. The highest BCUT2D eigenvalue weighted by Gasteiger charge is 2.42. The van der Waals surface area contributed by atoms with Gasteiger partial charge in [-0.3, -0.25) is 14.9 Å². The average Bonchev–Trinajstić information content (AvgIpc) is 2.88. The molecule has 1 aliphatic carbocycles. The van der Waals surface area contributed by atoms with Gasteiger partial charge in [-0.2, -0.15) is 13.2 Å². The van der Waals surface area contributed by atoms with E-state index in [2.05, 4.69) is 5.32 Å². The summed E-state index contributed by atoms with van der Waals surface area (Å²) in [4.78, 5) is 21.4. The molecule has 2 atom stereocenters. The first-order chi connectivity index (χ1) is 9.77. The van der Waals surface area contributed by atoms with Crippen LogP contribution < -0.4 is 5.32 Å². The standard InChI is InChI=1S/C12H13F3N2O4/c13-12(14,15)7-2-1-3-8(6-7)16-11(18)9-4-5-10(21-9)17(19)20/h4-5,7-8H,1-3,6H2,(H,16,18)/t7-,8+/m1/s1. The van der Waals surface area contributed by atoms with Crippen LogP contribution in [0.3, 0.4) is 0 Å². The Labute approximate surface area is 117 Å². The first kappa shape index (κ1) is 15.3. The number of hydrogen-bond acceptors (Lipinski definition) is 4. The largest absolute Gasteiger partial charge is 0.433 e. The molecule has 1 aromatic heterocycles. The fourth-order valence-electron chi connectivity index (χ4n) is 2.42. The Hall–Kier alpha value is -2.06. The van der Waals surface area contributed by atoms with Gasteiger partial charge in [0.2, 0.25) is 0 Å². The number of alkyl halides is 3. The number of amides is 1. The van der Waals surface area contributed by atoms with E-state index in [1.165, 1.54) is 0 Å². The van der Waals surface area contributed by atoms with Crippen LogP contribution in [0.2, 0.25) is 0 Å². The first-order valence-electron chi connectivity index (χ1n) is 6.39. The quantitative estimate of drug-likeness (QED) is 0.687. The summed E-state index contributed by atoms with van der Waals surface area (Å²) in [5, 5.41) is 12.9. The number of nitrogens with one attached hydrogen (secondary N) is 1. The summed E-state index contributed by atoms with van der Waals surface area (Å²) in [6.45, 7) is 0. The lowest BCUT2D eigenvalue weighted by molar-refractivity contribution is -0.402. The van der Waals surface area contributed by atoms with Gasteiger partial charge in [0.25, 0.3) is 5.91 Å². The zero-order valence-electron chi connectivity index (χ0n) is 10.9. The van der Waals surface area contributed by atoms with Crippen molar-refractivity contribution in [1.82, 2.24) is 5.32 Å². The van der Waals surface area contributed by atoms with E-state index in [4.69, 9.17) is 4.42 Å². The van der Waals surface area contributed by atoms with Crippen LogP contribution in [-0.4, -0.2) is 23.0 Å². The lowest BCUT2D eigenvalue weighted by Gasteiger charge is -2.30. The van der Waals surface area contributed by atoms with E-state index in [0.29, 0.717) is 12.8 Å². The first-order valence-corrected chi connectivity index (χ1v) is 6.39. The van der Waals surface area contributed by atoms with E-state index >= 15 is 0 Å². The second kappa shape index (κ2) is 5.74. The second-order valence-electron chi connectivity index (χ2n) is 4.97. The second-order valence-corrected chi connectivity index (χ2v) is 4.97. The Bertz CT molecular complexity index is 541. The van der Waals surface area contributed by atoms with E-state index in [9.17, 15) is 28.1 Å². The highest BCUT2D eigenvalue weighted by molar-refractivity contribution is 5.91. The van der Waals surface area contributed by atoms with E-state index in [-0.39, 0.29) is 18.6 Å². The number of nitro groups is 1. The van der Waals surface area contributed by atoms with Crippen molar-refractivity contribution in [2.45, 2.75) is 37.9 Å². The highest BCUT2D eigenvalue weighted by Crippen LogP contribution is 2.37. The summed E-state index contributed by atoms with van der Waals surface area (Å²) in [5.41, 5.74) is 0. The molecular formula is C12H13F3N2O4. The van der Waals surface area contributed by atoms with Crippen molar-refractivity contribution in [2.75, 3.05) is 0 Å². The average molecular weight is 306 g/mol. The number of halogens is 3. The van der Waals surface area contributed by atoms with Crippen LogP contribution in [-0.2, 0) is 0 Å². The molecule has 0 unspecified atom stereocenters. The molecule has 116 valence electrons. The Balaban J connectivity index is 1.97. The van der Waals surface area contributed by atoms with Gasteiger partial charge in [-0.1, -0.05) is 6.42 Å². The monoisotopic (exact) mass is 306 g/mol. The van der Waals surface area contributed by atoms with E-state index in [1.807, 2.05) is 0 Å². The number of hydrogen-bond donors (Lipinski definition) is 1. The van der Waals surface area contributed by atoms with Crippen molar-refractivity contribution < 1.29 is 27.3 Å². The molecule has 0 aromatic carbocycles. The van der Waals surface area contributed by atoms with Gasteiger partial charge in [0.05, 0.1) is 12.0 Å². The molecule has 6 nitrogen and oxygen atoms in total. The summed E-state index contributed by atoms with van der Waals surface area (Å²) in [7, 11) is 0. The molecule has 0 bridgehead atoms. The zero-order chi connectivity index (χ0) is 15.6. The molecular weight excluding hydrogens is 293 g/mol. The molecule has 0 radical (unpaired) electrons. The Morgan fingerprint density at radius 3 is 2.67 bits per heavy atom. The number of rotatable bonds is 3. The Kier molecular flexibility index (Phi) is 4.19. The van der Waals surface area contributed by atoms with Crippen LogP contribution in [0.4, 0.5) is 19.1 Å². The van der Waals surface area contributed by atoms with Crippen molar-refractivity contribution in [1.29, 1.82) is 0 Å². The van der Waals surface area contributed by atoms with Crippen LogP contribution in [0, 0.1) is 16.0 Å². The topological polar surface area (TPSA) is 85.4 Å². The van der Waals surface area contributed by atoms with Crippen molar-refractivity contribution in [3.8, 4) is 0 Å². The minimum absolute atomic E-state index is 0.0576. The zero-order valence-corrected chi connectivity index (χ0v) is 10.9. The van der Waals surface area contributed by atoms with Gasteiger partial charge >= 0.3 is 12.1 Å². The number of nitrogens with zero attached hydrogens (tertiary/aromatic N) is 1. The summed E-state index contributed by atoms with van der Waals surface area (Å²) >= 11 is 0. The lowest BCUT2D eigenvalue weighted by atomic mass is 9.85. The molecule has 2 rings (SSSR count). The van der Waals surface area contributed by atoms with Gasteiger partial charge in [0, 0.05) is 6.04 Å². The molecule has 9 heteroatoms. The molecule has 1 amide bonds. The van der Waals surface area contributed by atoms with Gasteiger partial charge in [-0.05, 0) is 25.3 Å². The molecule has 1 aromatic rings. The van der Waals surface area contributed by atoms with E-state index in [0.717, 1.165) is 12.1 Å². The normalized spacial score (nSPS) is 22.8. The van der Waals surface area contributed by atoms with Gasteiger partial charge in [-0.25, -0.2) is 0 Å². The van der Waals surface area contributed by atoms with Crippen LogP contribution >= 0.6 is 0 Å². The summed E-state index contributed by atoms with van der Waals surface area (Å²) in [5.74, 6) is -3.04. The molecule has 1 saturated carbocycles. The maximum absolute atomic E-state index is 12.7. The number of furan rings is 1. The van der Waals surface area contributed by atoms with Gasteiger partial charge in [0.15, 0.2) is 5.76 Å².